The van der Waals surface area contributed by atoms with Crippen LogP contribution < -0.4 is 25.4 Å². The van der Waals surface area contributed by atoms with Gasteiger partial charge in [-0.15, -0.1) is 11.3 Å². The quantitative estimate of drug-likeness (QED) is 0.223. The van der Waals surface area contributed by atoms with Crippen LogP contribution in [0.2, 0.25) is 0 Å². The molecule has 18 heteroatoms. The second kappa shape index (κ2) is 14.3. The highest BCUT2D eigenvalue weighted by Gasteiger charge is 2.67. The molecule has 0 bridgehead atoms. The second-order valence-corrected chi connectivity index (χ2v) is 19.2. The number of alkyl halides is 2. The van der Waals surface area contributed by atoms with Gasteiger partial charge >= 0.3 is 6.03 Å². The maximum absolute atomic E-state index is 14.5. The number of nitrogens with zero attached hydrogens (tertiary/aromatic N) is 3. The van der Waals surface area contributed by atoms with Gasteiger partial charge in [0.25, 0.3) is 5.91 Å². The molecule has 3 aliphatic rings. The summed E-state index contributed by atoms with van der Waals surface area (Å²) in [7, 11) is -4.13. The molecule has 1 aromatic carbocycles. The Kier molecular flexibility index (Phi) is 10.4. The fourth-order valence-corrected chi connectivity index (χ4v) is 8.60. The number of carbonyl (C=O) groups excluding carboxylic acids is 4. The summed E-state index contributed by atoms with van der Waals surface area (Å²) in [4.78, 5) is 66.7. The Hall–Kier alpha value is -4.45. The molecule has 3 heterocycles. The fraction of sp³-hybridized carbons (Fsp3) is 0.556. The predicted octanol–water partition coefficient (Wildman–Crippen LogP) is 3.97. The largest absolute Gasteiger partial charge is 0.471 e. The van der Waals surface area contributed by atoms with Crippen molar-refractivity contribution >= 4 is 56.1 Å². The lowest BCUT2D eigenvalue weighted by Gasteiger charge is -2.36. The molecular formula is C36H45F2N7O7S2. The summed E-state index contributed by atoms with van der Waals surface area (Å²) < 4.78 is 61.9. The Morgan fingerprint density at radius 1 is 1.00 bits per heavy atom. The van der Waals surface area contributed by atoms with E-state index in [1.807, 2.05) is 28.3 Å². The minimum atomic E-state index is -4.13. The van der Waals surface area contributed by atoms with Crippen LogP contribution in [-0.2, 0) is 24.4 Å². The summed E-state index contributed by atoms with van der Waals surface area (Å²) in [6.45, 7) is 10.3. The third kappa shape index (κ3) is 8.43. The first-order chi connectivity index (χ1) is 25.2. The van der Waals surface area contributed by atoms with E-state index < -0.39 is 92.5 Å². The molecule has 1 saturated heterocycles. The number of nitrogens with one attached hydrogen (secondary N) is 4. The normalized spacial score (nSPS) is 23.5. The Morgan fingerprint density at radius 3 is 2.22 bits per heavy atom. The molecule has 14 nitrogen and oxygen atoms in total. The van der Waals surface area contributed by atoms with Crippen LogP contribution in [0.15, 0.2) is 41.8 Å². The number of para-hydroxylation sites is 2. The van der Waals surface area contributed by atoms with Crippen molar-refractivity contribution in [2.45, 2.75) is 108 Å². The maximum atomic E-state index is 14.5. The van der Waals surface area contributed by atoms with Gasteiger partial charge in [-0.25, -0.2) is 32.0 Å². The number of aromatic nitrogens is 2. The van der Waals surface area contributed by atoms with Crippen molar-refractivity contribution in [2.24, 2.45) is 11.3 Å². The van der Waals surface area contributed by atoms with Gasteiger partial charge < -0.3 is 25.6 Å². The highest BCUT2D eigenvalue weighted by molar-refractivity contribution is 7.91. The van der Waals surface area contributed by atoms with E-state index >= 15 is 0 Å². The molecule has 2 aromatic heterocycles. The van der Waals surface area contributed by atoms with Crippen LogP contribution in [0, 0.1) is 11.3 Å². The van der Waals surface area contributed by atoms with Crippen LogP contribution in [0.25, 0.3) is 21.6 Å². The Labute approximate surface area is 316 Å². The zero-order valence-corrected chi connectivity index (χ0v) is 32.4. The van der Waals surface area contributed by atoms with Crippen molar-refractivity contribution in [3.63, 3.8) is 0 Å². The first kappa shape index (κ1) is 39.2. The highest BCUT2D eigenvalue weighted by Crippen LogP contribution is 2.48. The summed E-state index contributed by atoms with van der Waals surface area (Å²) in [6, 6.07) is 7.72. The van der Waals surface area contributed by atoms with Crippen LogP contribution in [0.5, 0.6) is 5.88 Å². The zero-order chi connectivity index (χ0) is 39.4. The number of urea groups is 1. The predicted molar refractivity (Wildman–Crippen MR) is 197 cm³/mol. The van der Waals surface area contributed by atoms with Crippen molar-refractivity contribution in [1.82, 2.24) is 35.5 Å². The molecule has 3 aromatic rings. The van der Waals surface area contributed by atoms with Gasteiger partial charge in [-0.05, 0) is 69.0 Å². The number of amides is 5. The Balaban J connectivity index is 1.33. The number of thiophene rings is 1. The summed E-state index contributed by atoms with van der Waals surface area (Å²) in [5.74, 6) is -4.37. The average molecular weight is 790 g/mol. The molecule has 1 aliphatic heterocycles. The molecule has 3 fully saturated rings. The SMILES string of the molecule is CC(C)(C)NC(=O)N[C@H](C(=O)N1C[C@H](Oc2nc3ccccc3nc2-c2cccs2)CC1C(=O)N[C@]1(C(=O)NS(=O)(=O)C2CC2)C[C@H]1C(F)F)C(C)(C)C. The summed E-state index contributed by atoms with van der Waals surface area (Å²) in [6.07, 6.45) is -3.93. The lowest BCUT2D eigenvalue weighted by atomic mass is 9.85. The standard InChI is InChI=1S/C36H45F2N7O7S2/c1-34(2,3)27(41-33(49)43-35(4,5)6)31(47)45-18-19(52-30-26(25-12-9-15-53-25)39-22-10-7-8-11-23(22)40-30)16-24(45)29(46)42-36(17-21(36)28(37)38)32(48)44-54(50,51)20-13-14-20/h7-12,15,19-21,24,27-28H,13-14,16-18H2,1-6H3,(H,42,46)(H,44,48)(H2,41,43,49)/t19-,21+,24?,27-,36-/m1/s1. The Morgan fingerprint density at radius 2 is 1.67 bits per heavy atom. The molecule has 0 radical (unpaired) electrons. The van der Waals surface area contributed by atoms with E-state index in [0.717, 1.165) is 4.88 Å². The highest BCUT2D eigenvalue weighted by atomic mass is 32.2. The van der Waals surface area contributed by atoms with Crippen molar-refractivity contribution in [3.05, 3.63) is 41.8 Å². The van der Waals surface area contributed by atoms with Gasteiger partial charge in [0.05, 0.1) is 33.6 Å². The number of sulfonamides is 1. The first-order valence-electron chi connectivity index (χ1n) is 17.7. The second-order valence-electron chi connectivity index (χ2n) is 16.3. The molecule has 1 unspecified atom stereocenters. The molecule has 0 spiro atoms. The number of hydrogen-bond donors (Lipinski definition) is 4. The van der Waals surface area contributed by atoms with E-state index in [1.165, 1.54) is 16.2 Å². The zero-order valence-electron chi connectivity index (χ0n) is 30.8. The number of ether oxygens (including phenoxy) is 1. The van der Waals surface area contributed by atoms with E-state index in [0.29, 0.717) is 29.6 Å². The lowest BCUT2D eigenvalue weighted by Crippen LogP contribution is -2.61. The van der Waals surface area contributed by atoms with Gasteiger partial charge in [0.15, 0.2) is 0 Å². The minimum Gasteiger partial charge on any atom is -0.471 e. The van der Waals surface area contributed by atoms with E-state index in [1.54, 1.807) is 59.7 Å². The van der Waals surface area contributed by atoms with Crippen molar-refractivity contribution in [1.29, 1.82) is 0 Å². The van der Waals surface area contributed by atoms with Crippen LogP contribution in [0.1, 0.15) is 67.2 Å². The van der Waals surface area contributed by atoms with E-state index in [4.69, 9.17) is 14.7 Å². The van der Waals surface area contributed by atoms with E-state index in [9.17, 15) is 36.4 Å². The number of hydrogen-bond acceptors (Lipinski definition) is 10. The molecule has 292 valence electrons. The molecule has 5 amide bonds. The molecule has 2 aliphatic carbocycles. The van der Waals surface area contributed by atoms with Gasteiger partial charge in [0.1, 0.15) is 29.4 Å². The molecule has 5 atom stereocenters. The van der Waals surface area contributed by atoms with Crippen LogP contribution in [-0.4, -0.2) is 94.5 Å². The lowest BCUT2D eigenvalue weighted by molar-refractivity contribution is -0.142. The van der Waals surface area contributed by atoms with Crippen molar-refractivity contribution in [3.8, 4) is 16.5 Å². The van der Waals surface area contributed by atoms with Crippen LogP contribution in [0.3, 0.4) is 0 Å². The number of rotatable bonds is 11. The van der Waals surface area contributed by atoms with E-state index in [2.05, 4.69) is 16.0 Å². The minimum absolute atomic E-state index is 0.144. The van der Waals surface area contributed by atoms with Gasteiger partial charge in [0, 0.05) is 12.0 Å². The smallest absolute Gasteiger partial charge is 0.315 e. The molecule has 4 N–H and O–H groups in total. The number of halogens is 2. The molecule has 6 rings (SSSR count). The molecule has 54 heavy (non-hydrogen) atoms. The van der Waals surface area contributed by atoms with E-state index in [-0.39, 0.29) is 18.8 Å². The van der Waals surface area contributed by atoms with Gasteiger partial charge in [-0.2, -0.15) is 0 Å². The number of benzene rings is 1. The fourth-order valence-electron chi connectivity index (χ4n) is 6.53. The Bertz CT molecular complexity index is 2050. The summed E-state index contributed by atoms with van der Waals surface area (Å²) in [5, 5.41) is 9.00. The monoisotopic (exact) mass is 789 g/mol. The van der Waals surface area contributed by atoms with Crippen molar-refractivity contribution < 1.29 is 41.1 Å². The number of fused-ring (bicyclic) bond motifs is 1. The van der Waals surface area contributed by atoms with Gasteiger partial charge in [-0.3, -0.25) is 19.1 Å². The van der Waals surface area contributed by atoms with Crippen molar-refractivity contribution in [2.75, 3.05) is 6.54 Å². The number of carbonyl (C=O) groups is 4. The molecular weight excluding hydrogens is 745 g/mol. The topological polar surface area (TPSA) is 189 Å². The third-order valence-electron chi connectivity index (χ3n) is 9.57. The maximum Gasteiger partial charge on any atom is 0.315 e. The first-order valence-corrected chi connectivity index (χ1v) is 20.1. The molecule has 2 saturated carbocycles. The van der Waals surface area contributed by atoms with Gasteiger partial charge in [0.2, 0.25) is 34.1 Å². The van der Waals surface area contributed by atoms with Crippen LogP contribution in [0.4, 0.5) is 13.6 Å². The third-order valence-corrected chi connectivity index (χ3v) is 12.3. The van der Waals surface area contributed by atoms with Gasteiger partial charge in [-0.1, -0.05) is 39.0 Å². The summed E-state index contributed by atoms with van der Waals surface area (Å²) >= 11 is 1.41. The summed E-state index contributed by atoms with van der Waals surface area (Å²) in [5.41, 5.74) is -2.14. The van der Waals surface area contributed by atoms with Crippen LogP contribution >= 0.6 is 11.3 Å². The average Bonchev–Trinajstić information content (AvgIpc) is 3.95. The number of likely N-dealkylation sites (tertiary alicyclic amines) is 1.